The number of hydrogen-bond acceptors (Lipinski definition) is 2. The van der Waals surface area contributed by atoms with Crippen molar-refractivity contribution in [1.82, 2.24) is 4.90 Å². The Morgan fingerprint density at radius 2 is 1.60 bits per heavy atom. The molecule has 2 nitrogen and oxygen atoms in total. The number of halogens is 1. The highest BCUT2D eigenvalue weighted by Gasteiger charge is 2.05. The van der Waals surface area contributed by atoms with Gasteiger partial charge in [0.15, 0.2) is 0 Å². The fourth-order valence-electron chi connectivity index (χ4n) is 2.36. The minimum absolute atomic E-state index is 0.702. The summed E-state index contributed by atoms with van der Waals surface area (Å²) in [4.78, 5) is 2.33. The summed E-state index contributed by atoms with van der Waals surface area (Å²) in [5.74, 6) is 0. The minimum atomic E-state index is 0.702. The number of nitrogens with zero attached hydrogens (tertiary/aromatic N) is 1. The first kappa shape index (κ1) is 15.2. The van der Waals surface area contributed by atoms with Gasteiger partial charge in [0.1, 0.15) is 0 Å². The van der Waals surface area contributed by atoms with Gasteiger partial charge in [-0.2, -0.15) is 0 Å². The monoisotopic (exact) mass is 332 g/mol. The van der Waals surface area contributed by atoms with E-state index in [4.69, 9.17) is 5.73 Å². The molecule has 2 aromatic rings. The van der Waals surface area contributed by atoms with E-state index in [9.17, 15) is 0 Å². The van der Waals surface area contributed by atoms with Gasteiger partial charge in [-0.1, -0.05) is 52.3 Å². The number of rotatable bonds is 6. The van der Waals surface area contributed by atoms with Gasteiger partial charge in [-0.25, -0.2) is 0 Å². The van der Waals surface area contributed by atoms with E-state index in [0.717, 1.165) is 24.0 Å². The zero-order valence-electron chi connectivity index (χ0n) is 11.8. The van der Waals surface area contributed by atoms with Crippen molar-refractivity contribution in [2.45, 2.75) is 19.5 Å². The van der Waals surface area contributed by atoms with Crippen molar-refractivity contribution in [2.24, 2.45) is 5.73 Å². The van der Waals surface area contributed by atoms with Crippen molar-refractivity contribution in [3.05, 3.63) is 69.7 Å². The van der Waals surface area contributed by atoms with Gasteiger partial charge in [0, 0.05) is 17.6 Å². The molecule has 0 saturated carbocycles. The van der Waals surface area contributed by atoms with Crippen LogP contribution in [0.1, 0.15) is 16.7 Å². The lowest BCUT2D eigenvalue weighted by molar-refractivity contribution is 0.318. The third-order valence-electron chi connectivity index (χ3n) is 3.34. The van der Waals surface area contributed by atoms with Gasteiger partial charge >= 0.3 is 0 Å². The quantitative estimate of drug-likeness (QED) is 0.875. The standard InChI is InChI=1S/C17H21BrN2/c1-20(12-14-6-8-17(18)9-7-14)13-16-5-3-2-4-15(16)10-11-19/h2-9H,10-13,19H2,1H3. The van der Waals surface area contributed by atoms with Crippen LogP contribution < -0.4 is 5.73 Å². The molecule has 0 amide bonds. The number of nitrogens with two attached hydrogens (primary N) is 1. The van der Waals surface area contributed by atoms with Crippen LogP contribution >= 0.6 is 15.9 Å². The zero-order chi connectivity index (χ0) is 14.4. The van der Waals surface area contributed by atoms with Crippen molar-refractivity contribution in [1.29, 1.82) is 0 Å². The first-order valence-electron chi connectivity index (χ1n) is 6.89. The summed E-state index contributed by atoms with van der Waals surface area (Å²) in [6.45, 7) is 2.60. The average Bonchev–Trinajstić information content (AvgIpc) is 2.44. The Bertz CT molecular complexity index is 537. The number of hydrogen-bond donors (Lipinski definition) is 1. The Kier molecular flexibility index (Phi) is 5.77. The molecule has 2 aromatic carbocycles. The molecular formula is C17H21BrN2. The van der Waals surface area contributed by atoms with Crippen LogP contribution in [-0.2, 0) is 19.5 Å². The summed E-state index contributed by atoms with van der Waals surface area (Å²) >= 11 is 3.47. The fraction of sp³-hybridized carbons (Fsp3) is 0.294. The van der Waals surface area contributed by atoms with Crippen molar-refractivity contribution in [3.63, 3.8) is 0 Å². The Morgan fingerprint density at radius 1 is 0.950 bits per heavy atom. The van der Waals surface area contributed by atoms with Crippen molar-refractivity contribution in [2.75, 3.05) is 13.6 Å². The van der Waals surface area contributed by atoms with Crippen LogP contribution in [0.4, 0.5) is 0 Å². The molecule has 0 radical (unpaired) electrons. The summed E-state index contributed by atoms with van der Waals surface area (Å²) in [6, 6.07) is 17.1. The highest BCUT2D eigenvalue weighted by Crippen LogP contribution is 2.15. The lowest BCUT2D eigenvalue weighted by atomic mass is 10.0. The van der Waals surface area contributed by atoms with E-state index in [1.165, 1.54) is 16.7 Å². The topological polar surface area (TPSA) is 29.3 Å². The predicted octanol–water partition coefficient (Wildman–Crippen LogP) is 3.58. The van der Waals surface area contributed by atoms with E-state index in [1.54, 1.807) is 0 Å². The maximum absolute atomic E-state index is 5.68. The van der Waals surface area contributed by atoms with Gasteiger partial charge in [0.05, 0.1) is 0 Å². The lowest BCUT2D eigenvalue weighted by Gasteiger charge is -2.19. The fourth-order valence-corrected chi connectivity index (χ4v) is 2.62. The molecule has 106 valence electrons. The van der Waals surface area contributed by atoms with Crippen LogP contribution in [-0.4, -0.2) is 18.5 Å². The van der Waals surface area contributed by atoms with Crippen LogP contribution in [0.15, 0.2) is 53.0 Å². The Morgan fingerprint density at radius 3 is 2.25 bits per heavy atom. The first-order chi connectivity index (χ1) is 9.69. The van der Waals surface area contributed by atoms with Gasteiger partial charge in [-0.15, -0.1) is 0 Å². The van der Waals surface area contributed by atoms with E-state index in [2.05, 4.69) is 76.4 Å². The summed E-state index contributed by atoms with van der Waals surface area (Å²) in [5, 5.41) is 0. The number of benzene rings is 2. The molecule has 2 rings (SSSR count). The van der Waals surface area contributed by atoms with Crippen LogP contribution in [0.5, 0.6) is 0 Å². The van der Waals surface area contributed by atoms with E-state index < -0.39 is 0 Å². The second-order valence-corrected chi connectivity index (χ2v) is 6.02. The summed E-state index contributed by atoms with van der Waals surface area (Å²) in [6.07, 6.45) is 0.947. The second kappa shape index (κ2) is 7.58. The highest BCUT2D eigenvalue weighted by atomic mass is 79.9. The van der Waals surface area contributed by atoms with Crippen molar-refractivity contribution < 1.29 is 0 Å². The smallest absolute Gasteiger partial charge is 0.0236 e. The summed E-state index contributed by atoms with van der Waals surface area (Å²) in [5.41, 5.74) is 9.74. The molecule has 0 aromatic heterocycles. The largest absolute Gasteiger partial charge is 0.330 e. The normalized spacial score (nSPS) is 11.0. The van der Waals surface area contributed by atoms with E-state index >= 15 is 0 Å². The lowest BCUT2D eigenvalue weighted by Crippen LogP contribution is -2.18. The van der Waals surface area contributed by atoms with E-state index in [1.807, 2.05) is 0 Å². The molecule has 0 aliphatic rings. The van der Waals surface area contributed by atoms with Crippen LogP contribution in [0, 0.1) is 0 Å². The maximum Gasteiger partial charge on any atom is 0.0236 e. The molecule has 0 aliphatic heterocycles. The van der Waals surface area contributed by atoms with E-state index in [-0.39, 0.29) is 0 Å². The van der Waals surface area contributed by atoms with E-state index in [0.29, 0.717) is 6.54 Å². The van der Waals surface area contributed by atoms with Gasteiger partial charge in [-0.05, 0) is 48.8 Å². The molecule has 0 unspecified atom stereocenters. The van der Waals surface area contributed by atoms with Gasteiger partial charge in [-0.3, -0.25) is 4.90 Å². The average molecular weight is 333 g/mol. The van der Waals surface area contributed by atoms with Crippen LogP contribution in [0.3, 0.4) is 0 Å². The summed E-state index contributed by atoms with van der Waals surface area (Å²) in [7, 11) is 2.15. The van der Waals surface area contributed by atoms with Crippen molar-refractivity contribution in [3.8, 4) is 0 Å². The summed E-state index contributed by atoms with van der Waals surface area (Å²) < 4.78 is 1.12. The van der Waals surface area contributed by atoms with Gasteiger partial charge in [0.25, 0.3) is 0 Å². The molecule has 2 N–H and O–H groups in total. The van der Waals surface area contributed by atoms with Gasteiger partial charge in [0.2, 0.25) is 0 Å². The van der Waals surface area contributed by atoms with Gasteiger partial charge < -0.3 is 5.73 Å². The molecule has 0 spiro atoms. The third kappa shape index (κ3) is 4.44. The zero-order valence-corrected chi connectivity index (χ0v) is 13.4. The molecule has 0 aliphatic carbocycles. The molecule has 0 fully saturated rings. The molecule has 0 saturated heterocycles. The molecule has 0 heterocycles. The van der Waals surface area contributed by atoms with Crippen LogP contribution in [0.25, 0.3) is 0 Å². The van der Waals surface area contributed by atoms with Crippen LogP contribution in [0.2, 0.25) is 0 Å². The Balaban J connectivity index is 2.00. The highest BCUT2D eigenvalue weighted by molar-refractivity contribution is 9.10. The van der Waals surface area contributed by atoms with Crippen molar-refractivity contribution >= 4 is 15.9 Å². The Labute approximate surface area is 129 Å². The third-order valence-corrected chi connectivity index (χ3v) is 3.87. The molecule has 0 atom stereocenters. The maximum atomic E-state index is 5.68. The minimum Gasteiger partial charge on any atom is -0.330 e. The molecular weight excluding hydrogens is 312 g/mol. The molecule has 0 bridgehead atoms. The second-order valence-electron chi connectivity index (χ2n) is 5.11. The predicted molar refractivity (Wildman–Crippen MR) is 88.5 cm³/mol. The first-order valence-corrected chi connectivity index (χ1v) is 7.68. The SMILES string of the molecule is CN(Cc1ccc(Br)cc1)Cc1ccccc1CCN. The Hall–Kier alpha value is -1.16. The molecule has 3 heteroatoms. The molecule has 20 heavy (non-hydrogen) atoms.